The molecule has 1 amide bonds. The quantitative estimate of drug-likeness (QED) is 0.410. The summed E-state index contributed by atoms with van der Waals surface area (Å²) in [5.41, 5.74) is 2.92. The molecule has 5 rings (SSSR count). The molecule has 1 N–H and O–H groups in total. The standard InChI is InChI=1S/C25H19FN2O4S/c26-19-3-1-2-17(10-19)13-30-20-7-5-18(6-8-20)25-28-21(14-33-25)24(29)27-12-16-4-9-22-23(11-16)32-15-31-22/h1-11,14H,12-13,15H2,(H,27,29). The molecule has 0 spiro atoms. The average molecular weight is 463 g/mol. The Morgan fingerprint density at radius 1 is 1.03 bits per heavy atom. The zero-order valence-corrected chi connectivity index (χ0v) is 18.2. The Morgan fingerprint density at radius 2 is 1.88 bits per heavy atom. The SMILES string of the molecule is O=C(NCc1ccc2c(c1)OCO2)c1csc(-c2ccc(OCc3cccc(F)c3)cc2)n1. The normalized spacial score (nSPS) is 11.9. The van der Waals surface area contributed by atoms with Crippen LogP contribution in [-0.2, 0) is 13.2 Å². The fourth-order valence-electron chi connectivity index (χ4n) is 3.32. The van der Waals surface area contributed by atoms with Crippen LogP contribution in [0.2, 0.25) is 0 Å². The number of nitrogens with one attached hydrogen (secondary N) is 1. The van der Waals surface area contributed by atoms with Crippen molar-refractivity contribution in [3.8, 4) is 27.8 Å². The monoisotopic (exact) mass is 462 g/mol. The van der Waals surface area contributed by atoms with Crippen molar-refractivity contribution in [1.82, 2.24) is 10.3 Å². The van der Waals surface area contributed by atoms with Crippen molar-refractivity contribution in [3.63, 3.8) is 0 Å². The van der Waals surface area contributed by atoms with Gasteiger partial charge in [0, 0.05) is 17.5 Å². The zero-order valence-electron chi connectivity index (χ0n) is 17.4. The molecule has 2 heterocycles. The molecule has 8 heteroatoms. The number of amides is 1. The van der Waals surface area contributed by atoms with Crippen molar-refractivity contribution < 1.29 is 23.4 Å². The van der Waals surface area contributed by atoms with Crippen LogP contribution in [0.5, 0.6) is 17.2 Å². The lowest BCUT2D eigenvalue weighted by Crippen LogP contribution is -2.23. The van der Waals surface area contributed by atoms with Gasteiger partial charge in [0.05, 0.1) is 0 Å². The average Bonchev–Trinajstić information content (AvgIpc) is 3.51. The molecule has 0 saturated heterocycles. The van der Waals surface area contributed by atoms with E-state index in [1.54, 1.807) is 11.4 Å². The molecule has 1 aliphatic rings. The molecule has 1 aromatic heterocycles. The van der Waals surface area contributed by atoms with Crippen LogP contribution in [0.15, 0.2) is 72.1 Å². The van der Waals surface area contributed by atoms with Gasteiger partial charge in [-0.2, -0.15) is 0 Å². The summed E-state index contributed by atoms with van der Waals surface area (Å²) < 4.78 is 29.7. The Morgan fingerprint density at radius 3 is 2.73 bits per heavy atom. The fraction of sp³-hybridized carbons (Fsp3) is 0.120. The molecular weight excluding hydrogens is 443 g/mol. The van der Waals surface area contributed by atoms with Crippen LogP contribution in [0.1, 0.15) is 21.6 Å². The second-order valence-corrected chi connectivity index (χ2v) is 8.21. The van der Waals surface area contributed by atoms with Crippen molar-refractivity contribution in [2.75, 3.05) is 6.79 Å². The van der Waals surface area contributed by atoms with Gasteiger partial charge < -0.3 is 19.5 Å². The highest BCUT2D eigenvalue weighted by atomic mass is 32.1. The molecule has 1 aliphatic heterocycles. The molecule has 166 valence electrons. The van der Waals surface area contributed by atoms with E-state index < -0.39 is 0 Å². The van der Waals surface area contributed by atoms with Gasteiger partial charge in [-0.15, -0.1) is 11.3 Å². The molecule has 0 atom stereocenters. The predicted octanol–water partition coefficient (Wildman–Crippen LogP) is 5.19. The van der Waals surface area contributed by atoms with E-state index in [2.05, 4.69) is 10.3 Å². The van der Waals surface area contributed by atoms with Crippen molar-refractivity contribution in [1.29, 1.82) is 0 Å². The number of halogens is 1. The highest BCUT2D eigenvalue weighted by Crippen LogP contribution is 2.32. The number of thiazole rings is 1. The lowest BCUT2D eigenvalue weighted by molar-refractivity contribution is 0.0946. The maximum Gasteiger partial charge on any atom is 0.271 e. The third-order valence-corrected chi connectivity index (χ3v) is 5.91. The molecule has 0 bridgehead atoms. The number of hydrogen-bond acceptors (Lipinski definition) is 6. The number of fused-ring (bicyclic) bond motifs is 1. The Hall–Kier alpha value is -3.91. The summed E-state index contributed by atoms with van der Waals surface area (Å²) in [6.45, 7) is 0.856. The number of benzene rings is 3. The molecule has 3 aromatic carbocycles. The van der Waals surface area contributed by atoms with Crippen LogP contribution >= 0.6 is 11.3 Å². The number of nitrogens with zero attached hydrogens (tertiary/aromatic N) is 1. The van der Waals surface area contributed by atoms with Gasteiger partial charge >= 0.3 is 0 Å². The second-order valence-electron chi connectivity index (χ2n) is 7.35. The molecule has 0 unspecified atom stereocenters. The fourth-order valence-corrected chi connectivity index (χ4v) is 4.13. The number of ether oxygens (including phenoxy) is 3. The van der Waals surface area contributed by atoms with Gasteiger partial charge in [-0.05, 0) is 59.7 Å². The van der Waals surface area contributed by atoms with Crippen molar-refractivity contribution in [3.05, 3.63) is 94.7 Å². The molecule has 0 radical (unpaired) electrons. The van der Waals surface area contributed by atoms with E-state index in [1.165, 1.54) is 23.5 Å². The first-order valence-electron chi connectivity index (χ1n) is 10.2. The van der Waals surface area contributed by atoms with E-state index in [1.807, 2.05) is 48.5 Å². The third kappa shape index (κ3) is 4.96. The van der Waals surface area contributed by atoms with Gasteiger partial charge in [-0.1, -0.05) is 18.2 Å². The van der Waals surface area contributed by atoms with Gasteiger partial charge in [0.25, 0.3) is 5.91 Å². The molecule has 0 saturated carbocycles. The predicted molar refractivity (Wildman–Crippen MR) is 122 cm³/mol. The van der Waals surface area contributed by atoms with Crippen molar-refractivity contribution >= 4 is 17.2 Å². The van der Waals surface area contributed by atoms with E-state index in [4.69, 9.17) is 14.2 Å². The van der Waals surface area contributed by atoms with Crippen LogP contribution in [0.4, 0.5) is 4.39 Å². The molecular formula is C25H19FN2O4S. The van der Waals surface area contributed by atoms with Gasteiger partial charge in [0.1, 0.15) is 28.9 Å². The van der Waals surface area contributed by atoms with Crippen LogP contribution in [0.3, 0.4) is 0 Å². The van der Waals surface area contributed by atoms with E-state index in [0.717, 1.165) is 21.7 Å². The highest BCUT2D eigenvalue weighted by molar-refractivity contribution is 7.13. The molecule has 0 fully saturated rings. The minimum atomic E-state index is -0.286. The summed E-state index contributed by atoms with van der Waals surface area (Å²) in [5.74, 6) is 1.53. The number of aromatic nitrogens is 1. The maximum absolute atomic E-state index is 13.3. The molecule has 33 heavy (non-hydrogen) atoms. The molecule has 4 aromatic rings. The lowest BCUT2D eigenvalue weighted by Gasteiger charge is -2.07. The van der Waals surface area contributed by atoms with Crippen molar-refractivity contribution in [2.45, 2.75) is 13.2 Å². The van der Waals surface area contributed by atoms with Crippen molar-refractivity contribution in [2.24, 2.45) is 0 Å². The Labute approximate surface area is 193 Å². The summed E-state index contributed by atoms with van der Waals surface area (Å²) in [6.07, 6.45) is 0. The number of rotatable bonds is 7. The van der Waals surface area contributed by atoms with E-state index in [9.17, 15) is 9.18 Å². The second kappa shape index (κ2) is 9.30. The molecule has 6 nitrogen and oxygen atoms in total. The summed E-state index contributed by atoms with van der Waals surface area (Å²) in [6, 6.07) is 19.3. The first-order chi connectivity index (χ1) is 16.1. The lowest BCUT2D eigenvalue weighted by atomic mass is 10.2. The number of hydrogen-bond donors (Lipinski definition) is 1. The Balaban J connectivity index is 1.18. The van der Waals surface area contributed by atoms with Crippen LogP contribution in [-0.4, -0.2) is 17.7 Å². The number of carbonyl (C=O) groups is 1. The third-order valence-electron chi connectivity index (χ3n) is 5.02. The maximum atomic E-state index is 13.3. The summed E-state index contributed by atoms with van der Waals surface area (Å²) in [5, 5.41) is 5.35. The topological polar surface area (TPSA) is 69.7 Å². The smallest absolute Gasteiger partial charge is 0.271 e. The van der Waals surface area contributed by atoms with Crippen LogP contribution in [0.25, 0.3) is 10.6 Å². The first kappa shape index (κ1) is 21.0. The van der Waals surface area contributed by atoms with E-state index in [0.29, 0.717) is 29.5 Å². The minimum absolute atomic E-state index is 0.215. The molecule has 0 aliphatic carbocycles. The summed E-state index contributed by atoms with van der Waals surface area (Å²) in [4.78, 5) is 17.0. The Bertz CT molecular complexity index is 1290. The van der Waals surface area contributed by atoms with Gasteiger partial charge in [-0.25, -0.2) is 9.37 Å². The largest absolute Gasteiger partial charge is 0.489 e. The zero-order chi connectivity index (χ0) is 22.6. The van der Waals surface area contributed by atoms with Gasteiger partial charge in [0.2, 0.25) is 6.79 Å². The van der Waals surface area contributed by atoms with Gasteiger partial charge in [-0.3, -0.25) is 4.79 Å². The minimum Gasteiger partial charge on any atom is -0.489 e. The van der Waals surface area contributed by atoms with Gasteiger partial charge in [0.15, 0.2) is 11.5 Å². The van der Waals surface area contributed by atoms with E-state index >= 15 is 0 Å². The Kier molecular flexibility index (Phi) is 5.91. The number of carbonyl (C=O) groups excluding carboxylic acids is 1. The summed E-state index contributed by atoms with van der Waals surface area (Å²) >= 11 is 1.40. The van der Waals surface area contributed by atoms with Crippen LogP contribution in [0, 0.1) is 5.82 Å². The van der Waals surface area contributed by atoms with Crippen LogP contribution < -0.4 is 19.5 Å². The highest BCUT2D eigenvalue weighted by Gasteiger charge is 2.15. The first-order valence-corrected chi connectivity index (χ1v) is 11.1. The van der Waals surface area contributed by atoms with E-state index in [-0.39, 0.29) is 25.1 Å². The summed E-state index contributed by atoms with van der Waals surface area (Å²) in [7, 11) is 0.